The molecule has 5 nitrogen and oxygen atoms in total. The van der Waals surface area contributed by atoms with Gasteiger partial charge in [-0.1, -0.05) is 133 Å². The molecular formula is C43H28N4O. The highest BCUT2D eigenvalue weighted by atomic mass is 16.1. The van der Waals surface area contributed by atoms with E-state index in [0.29, 0.717) is 11.1 Å². The zero-order valence-corrected chi connectivity index (χ0v) is 25.8. The highest BCUT2D eigenvalue weighted by Crippen LogP contribution is 2.43. The van der Waals surface area contributed by atoms with E-state index >= 15 is 0 Å². The lowest BCUT2D eigenvalue weighted by Crippen LogP contribution is -1.95. The van der Waals surface area contributed by atoms with E-state index in [-0.39, 0.29) is 5.78 Å². The Bertz CT molecular complexity index is 2270. The third-order valence-corrected chi connectivity index (χ3v) is 8.99. The Morgan fingerprint density at radius 3 is 1.27 bits per heavy atom. The van der Waals surface area contributed by atoms with E-state index < -0.39 is 0 Å². The molecule has 0 amide bonds. The van der Waals surface area contributed by atoms with Crippen LogP contribution in [0.1, 0.15) is 15.9 Å². The number of nitrogens with one attached hydrogen (secondary N) is 2. The maximum atomic E-state index is 13.7. The number of aromatic amines is 2. The van der Waals surface area contributed by atoms with Gasteiger partial charge < -0.3 is 9.97 Å². The number of ketones is 1. The maximum Gasteiger partial charge on any atom is 0.194 e. The number of carbonyl (C=O) groups excluding carboxylic acids is 1. The van der Waals surface area contributed by atoms with Crippen LogP contribution in [0.2, 0.25) is 0 Å². The van der Waals surface area contributed by atoms with Gasteiger partial charge in [-0.3, -0.25) is 4.79 Å². The van der Waals surface area contributed by atoms with Gasteiger partial charge in [0.25, 0.3) is 0 Å². The molecule has 0 aliphatic heterocycles. The molecule has 48 heavy (non-hydrogen) atoms. The molecule has 0 radical (unpaired) electrons. The summed E-state index contributed by atoms with van der Waals surface area (Å²) in [6.07, 6.45) is 0. The van der Waals surface area contributed by atoms with Crippen molar-refractivity contribution in [3.05, 3.63) is 169 Å². The molecule has 5 heteroatoms. The van der Waals surface area contributed by atoms with Crippen LogP contribution >= 0.6 is 0 Å². The third kappa shape index (κ3) is 4.68. The monoisotopic (exact) mass is 616 g/mol. The standard InChI is InChI=1S/C43H28N4O/c48-41-33-23-21-31(39-37(27-13-5-1-6-14-27)44-42(46-39)29-17-9-3-10-18-29)25-35(33)36-26-32(22-24-34(36)41)40-38(28-15-7-2-8-16-28)45-43(47-40)30-19-11-4-12-20-30/h1-26H,(H,44,46)(H,45,47). The molecule has 2 N–H and O–H groups in total. The van der Waals surface area contributed by atoms with E-state index in [0.717, 1.165) is 78.9 Å². The van der Waals surface area contributed by atoms with Crippen molar-refractivity contribution in [2.45, 2.75) is 0 Å². The second kappa shape index (κ2) is 11.3. The highest BCUT2D eigenvalue weighted by Gasteiger charge is 2.29. The number of fused-ring (bicyclic) bond motifs is 3. The van der Waals surface area contributed by atoms with Crippen molar-refractivity contribution in [3.63, 3.8) is 0 Å². The average Bonchev–Trinajstić information content (AvgIpc) is 3.88. The average molecular weight is 617 g/mol. The van der Waals surface area contributed by atoms with Gasteiger partial charge in [0, 0.05) is 44.5 Å². The summed E-state index contributed by atoms with van der Waals surface area (Å²) < 4.78 is 0. The van der Waals surface area contributed by atoms with Crippen molar-refractivity contribution < 1.29 is 4.79 Å². The van der Waals surface area contributed by atoms with E-state index in [2.05, 4.69) is 70.6 Å². The Morgan fingerprint density at radius 1 is 0.354 bits per heavy atom. The SMILES string of the molecule is O=C1c2ccc(-c3nc(-c4ccccc4)[nH]c3-c3ccccc3)cc2-c2cc(-c3[nH]c(-c4ccccc4)nc3-c3ccccc3)ccc21. The number of carbonyl (C=O) groups is 1. The molecule has 0 atom stereocenters. The van der Waals surface area contributed by atoms with Gasteiger partial charge in [0.05, 0.1) is 22.8 Å². The quantitative estimate of drug-likeness (QED) is 0.195. The maximum absolute atomic E-state index is 13.7. The van der Waals surface area contributed by atoms with Crippen LogP contribution in [0.25, 0.3) is 78.9 Å². The number of H-pyrrole nitrogens is 2. The summed E-state index contributed by atoms with van der Waals surface area (Å²) >= 11 is 0. The molecule has 2 aromatic heterocycles. The highest BCUT2D eigenvalue weighted by molar-refractivity contribution is 6.22. The predicted molar refractivity (Wildman–Crippen MR) is 192 cm³/mol. The minimum absolute atomic E-state index is 0.0336. The molecule has 0 unspecified atom stereocenters. The van der Waals surface area contributed by atoms with Gasteiger partial charge in [-0.05, 0) is 35.4 Å². The Morgan fingerprint density at radius 2 is 0.750 bits per heavy atom. The van der Waals surface area contributed by atoms with Crippen LogP contribution in [0, 0.1) is 0 Å². The van der Waals surface area contributed by atoms with Gasteiger partial charge in [0.1, 0.15) is 11.6 Å². The Balaban J connectivity index is 1.19. The number of nitrogens with zero attached hydrogens (tertiary/aromatic N) is 2. The van der Waals surface area contributed by atoms with Crippen molar-refractivity contribution in [1.29, 1.82) is 0 Å². The fraction of sp³-hybridized carbons (Fsp3) is 0. The van der Waals surface area contributed by atoms with Crippen molar-refractivity contribution in [1.82, 2.24) is 19.9 Å². The third-order valence-electron chi connectivity index (χ3n) is 8.99. The first-order chi connectivity index (χ1) is 23.7. The van der Waals surface area contributed by atoms with Gasteiger partial charge in [-0.2, -0.15) is 0 Å². The largest absolute Gasteiger partial charge is 0.337 e. The number of hydrogen-bond acceptors (Lipinski definition) is 3. The fourth-order valence-electron chi connectivity index (χ4n) is 6.63. The van der Waals surface area contributed by atoms with Gasteiger partial charge >= 0.3 is 0 Å². The van der Waals surface area contributed by atoms with Crippen LogP contribution in [0.5, 0.6) is 0 Å². The lowest BCUT2D eigenvalue weighted by atomic mass is 9.97. The lowest BCUT2D eigenvalue weighted by Gasteiger charge is -2.08. The molecule has 9 rings (SSSR count). The van der Waals surface area contributed by atoms with Crippen LogP contribution in [0.4, 0.5) is 0 Å². The van der Waals surface area contributed by atoms with Crippen LogP contribution in [-0.2, 0) is 0 Å². The molecule has 1 aliphatic rings. The van der Waals surface area contributed by atoms with Gasteiger partial charge in [0.15, 0.2) is 5.78 Å². The van der Waals surface area contributed by atoms with E-state index in [1.807, 2.05) is 97.1 Å². The van der Waals surface area contributed by atoms with Crippen molar-refractivity contribution in [2.24, 2.45) is 0 Å². The molecule has 0 spiro atoms. The normalized spacial score (nSPS) is 11.8. The number of hydrogen-bond donors (Lipinski definition) is 2. The molecule has 0 saturated carbocycles. The number of rotatable bonds is 6. The van der Waals surface area contributed by atoms with Crippen LogP contribution in [0.3, 0.4) is 0 Å². The van der Waals surface area contributed by atoms with E-state index in [9.17, 15) is 4.79 Å². The zero-order chi connectivity index (χ0) is 32.0. The molecule has 226 valence electrons. The van der Waals surface area contributed by atoms with Gasteiger partial charge in [-0.25, -0.2) is 9.97 Å². The first-order valence-corrected chi connectivity index (χ1v) is 16.0. The van der Waals surface area contributed by atoms with Crippen molar-refractivity contribution in [2.75, 3.05) is 0 Å². The first kappa shape index (κ1) is 27.7. The predicted octanol–water partition coefficient (Wildman–Crippen LogP) is 10.3. The molecule has 8 aromatic rings. The second-order valence-electron chi connectivity index (χ2n) is 11.9. The van der Waals surface area contributed by atoms with Gasteiger partial charge in [0.2, 0.25) is 0 Å². The van der Waals surface area contributed by atoms with E-state index in [1.165, 1.54) is 0 Å². The Hall–Kier alpha value is -6.59. The summed E-state index contributed by atoms with van der Waals surface area (Å²) in [5, 5.41) is 0. The Kier molecular flexibility index (Phi) is 6.54. The van der Waals surface area contributed by atoms with Crippen LogP contribution in [0.15, 0.2) is 158 Å². The van der Waals surface area contributed by atoms with Crippen molar-refractivity contribution in [3.8, 4) is 78.9 Å². The minimum Gasteiger partial charge on any atom is -0.337 e. The summed E-state index contributed by atoms with van der Waals surface area (Å²) in [7, 11) is 0. The van der Waals surface area contributed by atoms with Crippen molar-refractivity contribution >= 4 is 5.78 Å². The molecule has 0 bridgehead atoms. The van der Waals surface area contributed by atoms with Gasteiger partial charge in [-0.15, -0.1) is 0 Å². The van der Waals surface area contributed by atoms with Crippen LogP contribution in [-0.4, -0.2) is 25.7 Å². The Labute approximate surface area is 277 Å². The van der Waals surface area contributed by atoms with Crippen LogP contribution < -0.4 is 0 Å². The molecule has 2 heterocycles. The summed E-state index contributed by atoms with van der Waals surface area (Å²) in [6, 6.07) is 52.9. The molecule has 6 aromatic carbocycles. The molecule has 1 aliphatic carbocycles. The fourth-order valence-corrected chi connectivity index (χ4v) is 6.63. The number of aromatic nitrogens is 4. The summed E-state index contributed by atoms with van der Waals surface area (Å²) in [5.74, 6) is 1.63. The smallest absolute Gasteiger partial charge is 0.194 e. The molecule has 0 fully saturated rings. The summed E-state index contributed by atoms with van der Waals surface area (Å²) in [6.45, 7) is 0. The number of imidazole rings is 2. The minimum atomic E-state index is 0.0336. The topological polar surface area (TPSA) is 74.4 Å². The zero-order valence-electron chi connectivity index (χ0n) is 25.8. The lowest BCUT2D eigenvalue weighted by molar-refractivity contribution is 0.104. The summed E-state index contributed by atoms with van der Waals surface area (Å²) in [5.41, 5.74) is 12.7. The molecular weight excluding hydrogens is 589 g/mol. The second-order valence-corrected chi connectivity index (χ2v) is 11.9. The van der Waals surface area contributed by atoms with E-state index in [4.69, 9.17) is 9.97 Å². The molecule has 0 saturated heterocycles. The first-order valence-electron chi connectivity index (χ1n) is 16.0. The summed E-state index contributed by atoms with van der Waals surface area (Å²) in [4.78, 5) is 31.1. The number of benzene rings is 6. The van der Waals surface area contributed by atoms with E-state index in [1.54, 1.807) is 0 Å².